The van der Waals surface area contributed by atoms with E-state index >= 15 is 0 Å². The van der Waals surface area contributed by atoms with E-state index in [0.717, 1.165) is 18.4 Å². The Labute approximate surface area is 112 Å². The van der Waals surface area contributed by atoms with Crippen LogP contribution in [0, 0.1) is 11.2 Å². The summed E-state index contributed by atoms with van der Waals surface area (Å²) in [4.78, 5) is 2.17. The fourth-order valence-corrected chi connectivity index (χ4v) is 2.40. The van der Waals surface area contributed by atoms with E-state index in [1.165, 1.54) is 18.6 Å². The maximum atomic E-state index is 13.5. The first kappa shape index (κ1) is 14.0. The molecule has 4 nitrogen and oxygen atoms in total. The molecule has 0 amide bonds. The molecule has 4 N–H and O–H groups in total. The molecule has 1 aliphatic carbocycles. The molecular weight excluding hydrogens is 245 g/mol. The van der Waals surface area contributed by atoms with E-state index in [2.05, 4.69) is 4.90 Å². The second-order valence-corrected chi connectivity index (χ2v) is 5.04. The molecule has 0 bridgehead atoms. The summed E-state index contributed by atoms with van der Waals surface area (Å²) in [6, 6.07) is 4.96. The lowest BCUT2D eigenvalue weighted by molar-refractivity contribution is 0.0945. The molecule has 0 spiro atoms. The van der Waals surface area contributed by atoms with Gasteiger partial charge in [-0.2, -0.15) is 0 Å². The first-order valence-electron chi connectivity index (χ1n) is 6.59. The molecule has 0 radical (unpaired) electrons. The Morgan fingerprint density at radius 1 is 1.42 bits per heavy atom. The molecular formula is C14H20FN3O. The maximum Gasteiger partial charge on any atom is 0.124 e. The smallest absolute Gasteiger partial charge is 0.124 e. The minimum atomic E-state index is -0.375. The first-order chi connectivity index (χ1) is 9.10. The molecule has 2 rings (SSSR count). The van der Waals surface area contributed by atoms with Crippen LogP contribution in [-0.2, 0) is 6.54 Å². The second-order valence-electron chi connectivity index (χ2n) is 5.04. The summed E-state index contributed by atoms with van der Waals surface area (Å²) >= 11 is 0. The highest BCUT2D eigenvalue weighted by Gasteiger charge is 2.24. The van der Waals surface area contributed by atoms with Crippen molar-refractivity contribution in [2.45, 2.75) is 31.8 Å². The summed E-state index contributed by atoms with van der Waals surface area (Å²) in [5.41, 5.74) is 6.61. The SMILES string of the molecule is N=C(N)c1cc(F)cc(CN(CCO)C2CCC2)c1. The highest BCUT2D eigenvalue weighted by atomic mass is 19.1. The third-order valence-electron chi connectivity index (χ3n) is 3.63. The molecule has 104 valence electrons. The number of benzene rings is 1. The van der Waals surface area contributed by atoms with E-state index in [9.17, 15) is 4.39 Å². The van der Waals surface area contributed by atoms with Crippen LogP contribution in [-0.4, -0.2) is 35.0 Å². The van der Waals surface area contributed by atoms with Gasteiger partial charge in [-0.25, -0.2) is 4.39 Å². The Kier molecular flexibility index (Phi) is 4.50. The predicted molar refractivity (Wildman–Crippen MR) is 72.6 cm³/mol. The van der Waals surface area contributed by atoms with Gasteiger partial charge in [-0.1, -0.05) is 6.42 Å². The number of hydrogen-bond acceptors (Lipinski definition) is 3. The fourth-order valence-electron chi connectivity index (χ4n) is 2.40. The topological polar surface area (TPSA) is 73.3 Å². The summed E-state index contributed by atoms with van der Waals surface area (Å²) in [5, 5.41) is 16.5. The highest BCUT2D eigenvalue weighted by molar-refractivity contribution is 5.95. The zero-order valence-electron chi connectivity index (χ0n) is 10.9. The summed E-state index contributed by atoms with van der Waals surface area (Å²) in [7, 11) is 0. The first-order valence-corrected chi connectivity index (χ1v) is 6.59. The van der Waals surface area contributed by atoms with Crippen LogP contribution < -0.4 is 5.73 Å². The van der Waals surface area contributed by atoms with Crippen molar-refractivity contribution in [2.24, 2.45) is 5.73 Å². The van der Waals surface area contributed by atoms with E-state index in [0.29, 0.717) is 24.7 Å². The van der Waals surface area contributed by atoms with Crippen molar-refractivity contribution in [3.05, 3.63) is 35.1 Å². The standard InChI is InChI=1S/C14H20FN3O/c15-12-7-10(6-11(8-12)14(16)17)9-18(4-5-19)13-2-1-3-13/h6-8,13,19H,1-5,9H2,(H3,16,17). The van der Waals surface area contributed by atoms with Crippen molar-refractivity contribution in [2.75, 3.05) is 13.2 Å². The third kappa shape index (κ3) is 3.52. The number of aliphatic hydroxyl groups excluding tert-OH is 1. The van der Waals surface area contributed by atoms with E-state index in [4.69, 9.17) is 16.2 Å². The number of nitrogen functional groups attached to an aromatic ring is 1. The van der Waals surface area contributed by atoms with E-state index in [1.807, 2.05) is 0 Å². The molecule has 1 saturated carbocycles. The zero-order chi connectivity index (χ0) is 13.8. The predicted octanol–water partition coefficient (Wildman–Crippen LogP) is 1.46. The summed E-state index contributed by atoms with van der Waals surface area (Å²) in [5.74, 6) is -0.502. The van der Waals surface area contributed by atoms with Gasteiger partial charge in [-0.3, -0.25) is 10.3 Å². The van der Waals surface area contributed by atoms with Crippen molar-refractivity contribution in [3.63, 3.8) is 0 Å². The van der Waals surface area contributed by atoms with Gasteiger partial charge in [0, 0.05) is 24.7 Å². The minimum Gasteiger partial charge on any atom is -0.395 e. The number of amidine groups is 1. The minimum absolute atomic E-state index is 0.103. The van der Waals surface area contributed by atoms with Crippen molar-refractivity contribution in [1.82, 2.24) is 4.90 Å². The van der Waals surface area contributed by atoms with Crippen LogP contribution >= 0.6 is 0 Å². The van der Waals surface area contributed by atoms with Crippen molar-refractivity contribution < 1.29 is 9.50 Å². The number of nitrogens with one attached hydrogen (secondary N) is 1. The number of rotatable bonds is 6. The van der Waals surface area contributed by atoms with Gasteiger partial charge < -0.3 is 10.8 Å². The Balaban J connectivity index is 2.13. The van der Waals surface area contributed by atoms with Gasteiger partial charge in [-0.05, 0) is 36.6 Å². The van der Waals surface area contributed by atoms with Gasteiger partial charge in [0.1, 0.15) is 11.7 Å². The van der Waals surface area contributed by atoms with E-state index in [1.54, 1.807) is 6.07 Å². The summed E-state index contributed by atoms with van der Waals surface area (Å²) in [6.45, 7) is 1.28. The van der Waals surface area contributed by atoms with Crippen LogP contribution in [0.2, 0.25) is 0 Å². The van der Waals surface area contributed by atoms with Gasteiger partial charge in [0.05, 0.1) is 6.61 Å². The third-order valence-corrected chi connectivity index (χ3v) is 3.63. The van der Waals surface area contributed by atoms with Crippen LogP contribution in [0.3, 0.4) is 0 Å². The van der Waals surface area contributed by atoms with Crippen molar-refractivity contribution in [1.29, 1.82) is 5.41 Å². The van der Waals surface area contributed by atoms with Gasteiger partial charge in [0.15, 0.2) is 0 Å². The van der Waals surface area contributed by atoms with Crippen molar-refractivity contribution in [3.8, 4) is 0 Å². The summed E-state index contributed by atoms with van der Waals surface area (Å²) < 4.78 is 13.5. The number of halogens is 1. The molecule has 1 aromatic rings. The number of hydrogen-bond donors (Lipinski definition) is 3. The molecule has 1 fully saturated rings. The molecule has 0 aromatic heterocycles. The molecule has 0 heterocycles. The van der Waals surface area contributed by atoms with Crippen LogP contribution in [0.1, 0.15) is 30.4 Å². The molecule has 1 aromatic carbocycles. The second kappa shape index (κ2) is 6.12. The molecule has 0 saturated heterocycles. The van der Waals surface area contributed by atoms with E-state index in [-0.39, 0.29) is 18.3 Å². The Bertz CT molecular complexity index is 460. The molecule has 19 heavy (non-hydrogen) atoms. The molecule has 0 atom stereocenters. The van der Waals surface area contributed by atoms with Gasteiger partial charge >= 0.3 is 0 Å². The Hall–Kier alpha value is -1.46. The normalized spacial score (nSPS) is 15.5. The quantitative estimate of drug-likeness (QED) is 0.538. The van der Waals surface area contributed by atoms with Gasteiger partial charge in [-0.15, -0.1) is 0 Å². The van der Waals surface area contributed by atoms with Crippen LogP contribution in [0.15, 0.2) is 18.2 Å². The molecule has 1 aliphatic rings. The maximum absolute atomic E-state index is 13.5. The van der Waals surface area contributed by atoms with Gasteiger partial charge in [0.25, 0.3) is 0 Å². The molecule has 0 aliphatic heterocycles. The number of aliphatic hydroxyl groups is 1. The van der Waals surface area contributed by atoms with Crippen LogP contribution in [0.25, 0.3) is 0 Å². The lowest BCUT2D eigenvalue weighted by atomic mass is 9.91. The lowest BCUT2D eigenvalue weighted by Crippen LogP contribution is -2.41. The Morgan fingerprint density at radius 2 is 2.16 bits per heavy atom. The fraction of sp³-hybridized carbons (Fsp3) is 0.500. The van der Waals surface area contributed by atoms with Gasteiger partial charge in [0.2, 0.25) is 0 Å². The van der Waals surface area contributed by atoms with Crippen LogP contribution in [0.4, 0.5) is 4.39 Å². The Morgan fingerprint density at radius 3 is 2.68 bits per heavy atom. The van der Waals surface area contributed by atoms with E-state index < -0.39 is 0 Å². The number of nitrogens with zero attached hydrogens (tertiary/aromatic N) is 1. The monoisotopic (exact) mass is 265 g/mol. The largest absolute Gasteiger partial charge is 0.395 e. The highest BCUT2D eigenvalue weighted by Crippen LogP contribution is 2.26. The average Bonchev–Trinajstić information content (AvgIpc) is 2.26. The summed E-state index contributed by atoms with van der Waals surface area (Å²) in [6.07, 6.45) is 3.48. The zero-order valence-corrected chi connectivity index (χ0v) is 10.9. The van der Waals surface area contributed by atoms with Crippen molar-refractivity contribution >= 4 is 5.84 Å². The lowest BCUT2D eigenvalue weighted by Gasteiger charge is -2.37. The average molecular weight is 265 g/mol. The molecule has 5 heteroatoms. The van der Waals surface area contributed by atoms with Crippen LogP contribution in [0.5, 0.6) is 0 Å². The number of nitrogens with two attached hydrogens (primary N) is 1. The molecule has 0 unspecified atom stereocenters.